The van der Waals surface area contributed by atoms with Crippen LogP contribution >= 0.6 is 0 Å². The van der Waals surface area contributed by atoms with Gasteiger partial charge >= 0.3 is 5.97 Å². The van der Waals surface area contributed by atoms with Crippen molar-refractivity contribution in [1.82, 2.24) is 14.4 Å². The lowest BCUT2D eigenvalue weighted by atomic mass is 10.3. The molecule has 13 heavy (non-hydrogen) atoms. The van der Waals surface area contributed by atoms with E-state index in [2.05, 4.69) is 14.7 Å². The number of fused-ring (bicyclic) bond motifs is 1. The minimum Gasteiger partial charge on any atom is -0.465 e. The Labute approximate surface area is 74.0 Å². The van der Waals surface area contributed by atoms with Crippen LogP contribution < -0.4 is 0 Å². The predicted molar refractivity (Wildman–Crippen MR) is 44.3 cm³/mol. The van der Waals surface area contributed by atoms with Crippen molar-refractivity contribution in [3.05, 3.63) is 30.5 Å². The Morgan fingerprint density at radius 3 is 3.15 bits per heavy atom. The molecule has 5 heteroatoms. The summed E-state index contributed by atoms with van der Waals surface area (Å²) in [6, 6.07) is 0. The van der Waals surface area contributed by atoms with Crippen molar-refractivity contribution in [2.45, 2.75) is 0 Å². The van der Waals surface area contributed by atoms with Crippen LogP contribution in [0.15, 0.2) is 24.9 Å². The van der Waals surface area contributed by atoms with Crippen LogP contribution in [0.25, 0.3) is 5.65 Å². The molecule has 0 radical (unpaired) electrons. The zero-order valence-corrected chi connectivity index (χ0v) is 6.97. The maximum absolute atomic E-state index is 11.1. The van der Waals surface area contributed by atoms with Crippen molar-refractivity contribution in [1.29, 1.82) is 0 Å². The van der Waals surface area contributed by atoms with Gasteiger partial charge < -0.3 is 4.74 Å². The van der Waals surface area contributed by atoms with Gasteiger partial charge in [-0.05, 0) is 0 Å². The zero-order valence-electron chi connectivity index (χ0n) is 6.97. The Balaban J connectivity index is 2.54. The number of rotatable bonds is 1. The van der Waals surface area contributed by atoms with E-state index in [1.165, 1.54) is 13.3 Å². The second-order valence-electron chi connectivity index (χ2n) is 2.49. The number of hydrogen-bond donors (Lipinski definition) is 0. The van der Waals surface area contributed by atoms with Crippen molar-refractivity contribution < 1.29 is 9.53 Å². The monoisotopic (exact) mass is 177 g/mol. The average molecular weight is 177 g/mol. The summed E-state index contributed by atoms with van der Waals surface area (Å²) in [6.07, 6.45) is 6.28. The fraction of sp³-hybridized carbons (Fsp3) is 0.125. The fourth-order valence-corrected chi connectivity index (χ4v) is 1.04. The molecular weight excluding hydrogens is 170 g/mol. The highest BCUT2D eigenvalue weighted by molar-refractivity contribution is 5.88. The summed E-state index contributed by atoms with van der Waals surface area (Å²) in [7, 11) is 1.33. The standard InChI is InChI=1S/C8H7N3O2/c1-13-8(12)6-2-10-7-3-9-5-11(7)4-6/h2-5H,1H3. The number of aromatic nitrogens is 3. The van der Waals surface area contributed by atoms with E-state index >= 15 is 0 Å². The highest BCUT2D eigenvalue weighted by Gasteiger charge is 2.06. The molecular formula is C8H7N3O2. The van der Waals surface area contributed by atoms with E-state index in [0.29, 0.717) is 11.2 Å². The molecule has 0 aliphatic rings. The first-order valence-electron chi connectivity index (χ1n) is 3.67. The third kappa shape index (κ3) is 1.24. The van der Waals surface area contributed by atoms with Gasteiger partial charge in [0, 0.05) is 12.4 Å². The molecule has 0 fully saturated rings. The van der Waals surface area contributed by atoms with E-state index in [1.54, 1.807) is 23.1 Å². The molecule has 0 amide bonds. The molecule has 0 unspecified atom stereocenters. The summed E-state index contributed by atoms with van der Waals surface area (Å²) >= 11 is 0. The van der Waals surface area contributed by atoms with Gasteiger partial charge in [0.1, 0.15) is 6.33 Å². The van der Waals surface area contributed by atoms with Crippen LogP contribution in [0, 0.1) is 0 Å². The minimum atomic E-state index is -0.400. The van der Waals surface area contributed by atoms with Gasteiger partial charge in [-0.2, -0.15) is 0 Å². The number of nitrogens with zero attached hydrogens (tertiary/aromatic N) is 3. The molecule has 0 saturated heterocycles. The number of carbonyl (C=O) groups excluding carboxylic acids is 1. The Morgan fingerprint density at radius 1 is 1.54 bits per heavy atom. The van der Waals surface area contributed by atoms with Gasteiger partial charge in [-0.15, -0.1) is 0 Å². The molecule has 0 saturated carbocycles. The number of imidazole rings is 1. The molecule has 0 bridgehead atoms. The van der Waals surface area contributed by atoms with Crippen molar-refractivity contribution in [3.8, 4) is 0 Å². The molecule has 2 rings (SSSR count). The topological polar surface area (TPSA) is 56.5 Å². The van der Waals surface area contributed by atoms with Gasteiger partial charge in [-0.1, -0.05) is 0 Å². The first-order chi connectivity index (χ1) is 6.31. The third-order valence-corrected chi connectivity index (χ3v) is 1.68. The molecule has 0 N–H and O–H groups in total. The summed E-state index contributed by atoms with van der Waals surface area (Å²) in [5.74, 6) is -0.400. The third-order valence-electron chi connectivity index (χ3n) is 1.68. The van der Waals surface area contributed by atoms with E-state index in [9.17, 15) is 4.79 Å². The van der Waals surface area contributed by atoms with Gasteiger partial charge in [0.15, 0.2) is 5.65 Å². The maximum Gasteiger partial charge on any atom is 0.340 e. The van der Waals surface area contributed by atoms with Crippen LogP contribution in [-0.4, -0.2) is 27.4 Å². The Bertz CT molecular complexity index is 449. The smallest absolute Gasteiger partial charge is 0.340 e. The van der Waals surface area contributed by atoms with Crippen molar-refractivity contribution in [3.63, 3.8) is 0 Å². The van der Waals surface area contributed by atoms with Crippen molar-refractivity contribution in [2.75, 3.05) is 7.11 Å². The number of ether oxygens (including phenoxy) is 1. The van der Waals surface area contributed by atoms with Crippen LogP contribution in [0.5, 0.6) is 0 Å². The maximum atomic E-state index is 11.1. The number of hydrogen-bond acceptors (Lipinski definition) is 4. The second kappa shape index (κ2) is 2.85. The zero-order chi connectivity index (χ0) is 9.26. The fourth-order valence-electron chi connectivity index (χ4n) is 1.04. The normalized spacial score (nSPS) is 10.2. The summed E-state index contributed by atoms with van der Waals surface area (Å²) in [5, 5.41) is 0. The van der Waals surface area contributed by atoms with Gasteiger partial charge in [0.25, 0.3) is 0 Å². The average Bonchev–Trinajstić information content (AvgIpc) is 2.63. The molecule has 2 heterocycles. The van der Waals surface area contributed by atoms with E-state index in [0.717, 1.165) is 0 Å². The largest absolute Gasteiger partial charge is 0.465 e. The van der Waals surface area contributed by atoms with Crippen LogP contribution in [0.4, 0.5) is 0 Å². The lowest BCUT2D eigenvalue weighted by Gasteiger charge is -1.98. The van der Waals surface area contributed by atoms with Gasteiger partial charge in [0.05, 0.1) is 18.9 Å². The summed E-state index contributed by atoms with van der Waals surface area (Å²) < 4.78 is 6.21. The highest BCUT2D eigenvalue weighted by atomic mass is 16.5. The summed E-state index contributed by atoms with van der Waals surface area (Å²) in [5.41, 5.74) is 1.11. The summed E-state index contributed by atoms with van der Waals surface area (Å²) in [4.78, 5) is 19.0. The number of carbonyl (C=O) groups is 1. The Kier molecular flexibility index (Phi) is 1.70. The Morgan fingerprint density at radius 2 is 2.38 bits per heavy atom. The Hall–Kier alpha value is -1.91. The van der Waals surface area contributed by atoms with E-state index in [1.807, 2.05) is 0 Å². The molecule has 66 valence electrons. The van der Waals surface area contributed by atoms with Crippen molar-refractivity contribution >= 4 is 11.6 Å². The lowest BCUT2D eigenvalue weighted by molar-refractivity contribution is 0.0599. The molecule has 2 aromatic heterocycles. The van der Waals surface area contributed by atoms with Crippen LogP contribution in [0.2, 0.25) is 0 Å². The highest BCUT2D eigenvalue weighted by Crippen LogP contribution is 2.02. The first-order valence-corrected chi connectivity index (χ1v) is 3.67. The molecule has 2 aromatic rings. The number of methoxy groups -OCH3 is 1. The van der Waals surface area contributed by atoms with Gasteiger partial charge in [0.2, 0.25) is 0 Å². The molecule has 5 nitrogen and oxygen atoms in total. The minimum absolute atomic E-state index is 0.400. The van der Waals surface area contributed by atoms with Crippen LogP contribution in [0.1, 0.15) is 10.4 Å². The molecule has 0 aromatic carbocycles. The molecule has 0 aliphatic carbocycles. The van der Waals surface area contributed by atoms with E-state index in [4.69, 9.17) is 0 Å². The van der Waals surface area contributed by atoms with E-state index in [-0.39, 0.29) is 0 Å². The van der Waals surface area contributed by atoms with Crippen molar-refractivity contribution in [2.24, 2.45) is 0 Å². The first kappa shape index (κ1) is 7.72. The van der Waals surface area contributed by atoms with Crippen LogP contribution in [-0.2, 0) is 4.74 Å². The SMILES string of the molecule is COC(=O)c1cnc2cncn2c1. The number of esters is 1. The lowest BCUT2D eigenvalue weighted by Crippen LogP contribution is -2.03. The molecule has 0 atom stereocenters. The quantitative estimate of drug-likeness (QED) is 0.596. The second-order valence-corrected chi connectivity index (χ2v) is 2.49. The predicted octanol–water partition coefficient (Wildman–Crippen LogP) is 0.516. The molecule has 0 aliphatic heterocycles. The summed E-state index contributed by atoms with van der Waals surface area (Å²) in [6.45, 7) is 0. The van der Waals surface area contributed by atoms with Crippen LogP contribution in [0.3, 0.4) is 0 Å². The van der Waals surface area contributed by atoms with E-state index < -0.39 is 5.97 Å². The van der Waals surface area contributed by atoms with Gasteiger partial charge in [-0.3, -0.25) is 4.40 Å². The van der Waals surface area contributed by atoms with Gasteiger partial charge in [-0.25, -0.2) is 14.8 Å². The molecule has 0 spiro atoms.